The molecule has 1 fully saturated rings. The molecule has 0 aromatic heterocycles. The highest BCUT2D eigenvalue weighted by Crippen LogP contribution is 2.20. The number of rotatable bonds is 4. The first-order valence-electron chi connectivity index (χ1n) is 4.68. The standard InChI is InChI=1S/C9H16O4/c10-8(9(11)12)2-1-7-3-5-13-6-4-7/h7-8,10H,1-6H2,(H,11,12). The molecule has 0 bridgehead atoms. The number of carbonyl (C=O) groups is 1. The molecule has 0 aliphatic carbocycles. The fraction of sp³-hybridized carbons (Fsp3) is 0.889. The highest BCUT2D eigenvalue weighted by molar-refractivity contribution is 5.71. The lowest BCUT2D eigenvalue weighted by atomic mass is 9.93. The van der Waals surface area contributed by atoms with Gasteiger partial charge in [0.2, 0.25) is 0 Å². The topological polar surface area (TPSA) is 66.8 Å². The summed E-state index contributed by atoms with van der Waals surface area (Å²) < 4.78 is 5.18. The van der Waals surface area contributed by atoms with E-state index in [0.29, 0.717) is 12.3 Å². The van der Waals surface area contributed by atoms with E-state index in [0.717, 1.165) is 32.5 Å². The van der Waals surface area contributed by atoms with Gasteiger partial charge in [0.05, 0.1) is 0 Å². The van der Waals surface area contributed by atoms with Crippen LogP contribution in [-0.2, 0) is 9.53 Å². The molecule has 1 heterocycles. The lowest BCUT2D eigenvalue weighted by Gasteiger charge is -2.22. The first-order chi connectivity index (χ1) is 6.20. The predicted octanol–water partition coefficient (Wildman–Crippen LogP) is 0.639. The maximum atomic E-state index is 10.3. The number of carboxylic acid groups (broad SMARTS) is 1. The van der Waals surface area contributed by atoms with Crippen molar-refractivity contribution in [2.45, 2.75) is 31.8 Å². The maximum Gasteiger partial charge on any atom is 0.332 e. The van der Waals surface area contributed by atoms with Gasteiger partial charge in [-0.15, -0.1) is 0 Å². The molecule has 4 heteroatoms. The molecular formula is C9H16O4. The predicted molar refractivity (Wildman–Crippen MR) is 46.4 cm³/mol. The zero-order chi connectivity index (χ0) is 9.68. The normalized spacial score (nSPS) is 21.3. The average molecular weight is 188 g/mol. The molecule has 13 heavy (non-hydrogen) atoms. The first kappa shape index (κ1) is 10.5. The second kappa shape index (κ2) is 5.19. The Bertz CT molecular complexity index is 163. The molecule has 1 aliphatic heterocycles. The minimum absolute atomic E-state index is 0.361. The third-order valence-corrected chi connectivity index (χ3v) is 2.47. The Balaban J connectivity index is 2.13. The Hall–Kier alpha value is -0.610. The number of hydrogen-bond donors (Lipinski definition) is 2. The second-order valence-corrected chi connectivity index (χ2v) is 3.49. The van der Waals surface area contributed by atoms with E-state index in [9.17, 15) is 4.79 Å². The van der Waals surface area contributed by atoms with E-state index in [1.54, 1.807) is 0 Å². The van der Waals surface area contributed by atoms with Gasteiger partial charge in [-0.2, -0.15) is 0 Å². The van der Waals surface area contributed by atoms with Crippen LogP contribution < -0.4 is 0 Å². The molecule has 0 radical (unpaired) electrons. The van der Waals surface area contributed by atoms with Crippen molar-refractivity contribution in [1.82, 2.24) is 0 Å². The van der Waals surface area contributed by atoms with Crippen molar-refractivity contribution >= 4 is 5.97 Å². The molecule has 2 N–H and O–H groups in total. The molecule has 1 rings (SSSR count). The van der Waals surface area contributed by atoms with E-state index < -0.39 is 12.1 Å². The number of aliphatic hydroxyl groups is 1. The molecule has 1 atom stereocenters. The number of carboxylic acids is 1. The number of ether oxygens (including phenoxy) is 1. The lowest BCUT2D eigenvalue weighted by molar-refractivity contribution is -0.147. The Morgan fingerprint density at radius 3 is 2.62 bits per heavy atom. The summed E-state index contributed by atoms with van der Waals surface area (Å²) >= 11 is 0. The summed E-state index contributed by atoms with van der Waals surface area (Å²) in [4.78, 5) is 10.3. The van der Waals surface area contributed by atoms with Crippen molar-refractivity contribution in [3.63, 3.8) is 0 Å². The summed E-state index contributed by atoms with van der Waals surface area (Å²) in [7, 11) is 0. The van der Waals surface area contributed by atoms with E-state index >= 15 is 0 Å². The van der Waals surface area contributed by atoms with Crippen LogP contribution in [0.25, 0.3) is 0 Å². The van der Waals surface area contributed by atoms with E-state index in [1.165, 1.54) is 0 Å². The summed E-state index contributed by atoms with van der Waals surface area (Å²) in [5.74, 6) is -0.588. The Morgan fingerprint density at radius 2 is 2.08 bits per heavy atom. The molecule has 1 saturated heterocycles. The van der Waals surface area contributed by atoms with Crippen LogP contribution in [-0.4, -0.2) is 35.5 Å². The van der Waals surface area contributed by atoms with Gasteiger partial charge < -0.3 is 14.9 Å². The van der Waals surface area contributed by atoms with Crippen LogP contribution in [0.3, 0.4) is 0 Å². The monoisotopic (exact) mass is 188 g/mol. The Labute approximate surface area is 77.5 Å². The highest BCUT2D eigenvalue weighted by Gasteiger charge is 2.18. The molecule has 1 unspecified atom stereocenters. The number of aliphatic hydroxyl groups excluding tert-OH is 1. The van der Waals surface area contributed by atoms with Crippen LogP contribution in [0.5, 0.6) is 0 Å². The van der Waals surface area contributed by atoms with Gasteiger partial charge in [-0.05, 0) is 31.6 Å². The molecule has 0 amide bonds. The van der Waals surface area contributed by atoms with Crippen LogP contribution in [0.2, 0.25) is 0 Å². The molecule has 1 aliphatic rings. The van der Waals surface area contributed by atoms with Crippen LogP contribution in [0.15, 0.2) is 0 Å². The van der Waals surface area contributed by atoms with Gasteiger partial charge in [-0.3, -0.25) is 0 Å². The fourth-order valence-corrected chi connectivity index (χ4v) is 1.55. The molecular weight excluding hydrogens is 172 g/mol. The van der Waals surface area contributed by atoms with Gasteiger partial charge in [0.25, 0.3) is 0 Å². The quantitative estimate of drug-likeness (QED) is 0.679. The van der Waals surface area contributed by atoms with Crippen molar-refractivity contribution in [3.05, 3.63) is 0 Å². The van der Waals surface area contributed by atoms with Gasteiger partial charge in [-0.25, -0.2) is 4.79 Å². The molecule has 0 saturated carbocycles. The highest BCUT2D eigenvalue weighted by atomic mass is 16.5. The van der Waals surface area contributed by atoms with Gasteiger partial charge in [0.1, 0.15) is 0 Å². The minimum Gasteiger partial charge on any atom is -0.479 e. The van der Waals surface area contributed by atoms with E-state index in [-0.39, 0.29) is 0 Å². The van der Waals surface area contributed by atoms with Crippen LogP contribution in [0, 0.1) is 5.92 Å². The third-order valence-electron chi connectivity index (χ3n) is 2.47. The summed E-state index contributed by atoms with van der Waals surface area (Å²) in [6.07, 6.45) is 1.94. The average Bonchev–Trinajstić information content (AvgIpc) is 2.15. The maximum absolute atomic E-state index is 10.3. The Kier molecular flexibility index (Phi) is 4.18. The second-order valence-electron chi connectivity index (χ2n) is 3.49. The minimum atomic E-state index is -1.19. The van der Waals surface area contributed by atoms with E-state index in [4.69, 9.17) is 14.9 Å². The number of aliphatic carboxylic acids is 1. The van der Waals surface area contributed by atoms with Crippen molar-refractivity contribution < 1.29 is 19.7 Å². The molecule has 0 aromatic rings. The van der Waals surface area contributed by atoms with Crippen molar-refractivity contribution in [2.75, 3.05) is 13.2 Å². The molecule has 76 valence electrons. The van der Waals surface area contributed by atoms with Gasteiger partial charge in [0.15, 0.2) is 6.10 Å². The SMILES string of the molecule is O=C(O)C(O)CCC1CCOCC1. The van der Waals surface area contributed by atoms with Crippen molar-refractivity contribution in [2.24, 2.45) is 5.92 Å². The van der Waals surface area contributed by atoms with E-state index in [1.807, 2.05) is 0 Å². The zero-order valence-corrected chi connectivity index (χ0v) is 7.61. The van der Waals surface area contributed by atoms with Crippen molar-refractivity contribution in [1.29, 1.82) is 0 Å². The fourth-order valence-electron chi connectivity index (χ4n) is 1.55. The summed E-state index contributed by atoms with van der Waals surface area (Å²) in [6, 6.07) is 0. The first-order valence-corrected chi connectivity index (χ1v) is 4.68. The summed E-state index contributed by atoms with van der Waals surface area (Å²) in [5.41, 5.74) is 0. The smallest absolute Gasteiger partial charge is 0.332 e. The van der Waals surface area contributed by atoms with Gasteiger partial charge >= 0.3 is 5.97 Å². The van der Waals surface area contributed by atoms with Crippen molar-refractivity contribution in [3.8, 4) is 0 Å². The van der Waals surface area contributed by atoms with Crippen LogP contribution in [0.4, 0.5) is 0 Å². The van der Waals surface area contributed by atoms with Gasteiger partial charge in [-0.1, -0.05) is 0 Å². The largest absolute Gasteiger partial charge is 0.479 e. The molecule has 0 spiro atoms. The third kappa shape index (κ3) is 3.74. The Morgan fingerprint density at radius 1 is 1.46 bits per heavy atom. The van der Waals surface area contributed by atoms with Crippen LogP contribution >= 0.6 is 0 Å². The van der Waals surface area contributed by atoms with Gasteiger partial charge in [0, 0.05) is 13.2 Å². The number of hydrogen-bond acceptors (Lipinski definition) is 3. The van der Waals surface area contributed by atoms with E-state index in [2.05, 4.69) is 0 Å². The summed E-state index contributed by atoms with van der Waals surface area (Å²) in [5, 5.41) is 17.5. The van der Waals surface area contributed by atoms with Crippen LogP contribution in [0.1, 0.15) is 25.7 Å². The zero-order valence-electron chi connectivity index (χ0n) is 7.61. The molecule has 4 nitrogen and oxygen atoms in total. The molecule has 0 aromatic carbocycles. The lowest BCUT2D eigenvalue weighted by Crippen LogP contribution is -2.22. The summed E-state index contributed by atoms with van der Waals surface area (Å²) in [6.45, 7) is 1.54.